The summed E-state index contributed by atoms with van der Waals surface area (Å²) in [6.45, 7) is 7.26. The van der Waals surface area contributed by atoms with E-state index in [0.29, 0.717) is 6.61 Å². The van der Waals surface area contributed by atoms with Crippen molar-refractivity contribution in [3.63, 3.8) is 0 Å². The summed E-state index contributed by atoms with van der Waals surface area (Å²) in [6.07, 6.45) is 0.567. The molecule has 0 radical (unpaired) electrons. The standard InChI is InChI=1S/C17H23NO3/c1-14-12-18(13-15(2)21-14)10-4-5-11-20-17-8-6-16(19-3)7-9-17/h6-9,14-15H,10-13H2,1-3H3/t14-,15-/m0/s1. The van der Waals surface area contributed by atoms with Crippen LogP contribution in [0.1, 0.15) is 13.8 Å². The molecule has 4 nitrogen and oxygen atoms in total. The molecule has 21 heavy (non-hydrogen) atoms. The number of rotatable bonds is 4. The van der Waals surface area contributed by atoms with Crippen molar-refractivity contribution in [2.24, 2.45) is 0 Å². The Labute approximate surface area is 127 Å². The molecule has 0 N–H and O–H groups in total. The lowest BCUT2D eigenvalue weighted by Crippen LogP contribution is -2.45. The highest BCUT2D eigenvalue weighted by Gasteiger charge is 2.20. The lowest BCUT2D eigenvalue weighted by Gasteiger charge is -2.34. The molecular weight excluding hydrogens is 266 g/mol. The minimum Gasteiger partial charge on any atom is -0.497 e. The van der Waals surface area contributed by atoms with Gasteiger partial charge >= 0.3 is 0 Å². The van der Waals surface area contributed by atoms with Gasteiger partial charge in [0.15, 0.2) is 0 Å². The Balaban J connectivity index is 1.71. The fourth-order valence-electron chi connectivity index (χ4n) is 2.42. The number of hydrogen-bond acceptors (Lipinski definition) is 4. The highest BCUT2D eigenvalue weighted by atomic mass is 16.5. The van der Waals surface area contributed by atoms with Crippen molar-refractivity contribution in [1.29, 1.82) is 0 Å². The van der Waals surface area contributed by atoms with E-state index in [-0.39, 0.29) is 12.2 Å². The van der Waals surface area contributed by atoms with E-state index in [1.165, 1.54) is 0 Å². The van der Waals surface area contributed by atoms with Crippen molar-refractivity contribution in [2.45, 2.75) is 26.1 Å². The number of nitrogens with zero attached hydrogens (tertiary/aromatic N) is 1. The molecule has 0 aromatic heterocycles. The minimum absolute atomic E-state index is 0.283. The van der Waals surface area contributed by atoms with Gasteiger partial charge in [0.25, 0.3) is 0 Å². The highest BCUT2D eigenvalue weighted by Crippen LogP contribution is 2.16. The SMILES string of the molecule is COc1ccc(OCC#CCN2C[C@H](C)O[C@@H](C)C2)cc1. The average molecular weight is 289 g/mol. The second-order valence-corrected chi connectivity index (χ2v) is 5.27. The topological polar surface area (TPSA) is 30.9 Å². The van der Waals surface area contributed by atoms with Gasteiger partial charge in [-0.05, 0) is 38.1 Å². The molecule has 1 saturated heterocycles. The lowest BCUT2D eigenvalue weighted by atomic mass is 10.2. The van der Waals surface area contributed by atoms with E-state index in [1.807, 2.05) is 24.3 Å². The second-order valence-electron chi connectivity index (χ2n) is 5.27. The zero-order valence-corrected chi connectivity index (χ0v) is 13.0. The van der Waals surface area contributed by atoms with Crippen molar-refractivity contribution in [2.75, 3.05) is 33.4 Å². The Bertz CT molecular complexity index is 479. The van der Waals surface area contributed by atoms with E-state index in [0.717, 1.165) is 31.1 Å². The van der Waals surface area contributed by atoms with E-state index in [9.17, 15) is 0 Å². The first-order chi connectivity index (χ1) is 10.2. The molecule has 1 aromatic carbocycles. The summed E-state index contributed by atoms with van der Waals surface area (Å²) >= 11 is 0. The Morgan fingerprint density at radius 3 is 2.33 bits per heavy atom. The van der Waals surface area contributed by atoms with Crippen LogP contribution in [0.3, 0.4) is 0 Å². The lowest BCUT2D eigenvalue weighted by molar-refractivity contribution is -0.0640. The van der Waals surface area contributed by atoms with Gasteiger partial charge < -0.3 is 14.2 Å². The molecule has 1 aliphatic heterocycles. The Morgan fingerprint density at radius 1 is 1.10 bits per heavy atom. The van der Waals surface area contributed by atoms with Crippen LogP contribution in [0.5, 0.6) is 11.5 Å². The normalized spacial score (nSPS) is 22.2. The Morgan fingerprint density at radius 2 is 1.71 bits per heavy atom. The third-order valence-electron chi connectivity index (χ3n) is 3.29. The van der Waals surface area contributed by atoms with Crippen LogP contribution in [-0.4, -0.2) is 50.5 Å². The smallest absolute Gasteiger partial charge is 0.149 e. The first-order valence-corrected chi connectivity index (χ1v) is 7.27. The van der Waals surface area contributed by atoms with Gasteiger partial charge in [0.1, 0.15) is 18.1 Å². The molecule has 1 heterocycles. The number of ether oxygens (including phenoxy) is 3. The third kappa shape index (κ3) is 5.30. The summed E-state index contributed by atoms with van der Waals surface area (Å²) in [7, 11) is 1.65. The Hall–Kier alpha value is -1.70. The zero-order valence-electron chi connectivity index (χ0n) is 13.0. The molecule has 0 aliphatic carbocycles. The molecule has 0 unspecified atom stereocenters. The first kappa shape index (κ1) is 15.7. The van der Waals surface area contributed by atoms with Gasteiger partial charge in [-0.15, -0.1) is 0 Å². The minimum atomic E-state index is 0.283. The van der Waals surface area contributed by atoms with Crippen LogP contribution in [0.25, 0.3) is 0 Å². The maximum absolute atomic E-state index is 5.70. The summed E-state index contributed by atoms with van der Waals surface area (Å²) in [4.78, 5) is 2.32. The second kappa shape index (κ2) is 7.92. The van der Waals surface area contributed by atoms with Crippen LogP contribution < -0.4 is 9.47 Å². The monoisotopic (exact) mass is 289 g/mol. The fraction of sp³-hybridized carbons (Fsp3) is 0.529. The summed E-state index contributed by atoms with van der Waals surface area (Å²) in [5.74, 6) is 7.84. The molecule has 2 atom stereocenters. The quantitative estimate of drug-likeness (QED) is 0.795. The van der Waals surface area contributed by atoms with Crippen LogP contribution in [0.4, 0.5) is 0 Å². The number of methoxy groups -OCH3 is 1. The summed E-state index contributed by atoms with van der Waals surface area (Å²) < 4.78 is 16.4. The van der Waals surface area contributed by atoms with Crippen LogP contribution in [-0.2, 0) is 4.74 Å². The van der Waals surface area contributed by atoms with Gasteiger partial charge in [-0.2, -0.15) is 0 Å². The predicted octanol–water partition coefficient (Wildman–Crippen LogP) is 2.19. The molecule has 0 amide bonds. The molecule has 0 spiro atoms. The van der Waals surface area contributed by atoms with E-state index >= 15 is 0 Å². The van der Waals surface area contributed by atoms with Gasteiger partial charge in [-0.25, -0.2) is 0 Å². The molecular formula is C17H23NO3. The molecule has 4 heteroatoms. The van der Waals surface area contributed by atoms with Crippen LogP contribution >= 0.6 is 0 Å². The van der Waals surface area contributed by atoms with Gasteiger partial charge in [0.2, 0.25) is 0 Å². The van der Waals surface area contributed by atoms with Gasteiger partial charge in [-0.1, -0.05) is 11.8 Å². The van der Waals surface area contributed by atoms with Gasteiger partial charge in [0, 0.05) is 13.1 Å². The molecule has 1 aliphatic rings. The maximum atomic E-state index is 5.70. The summed E-state index contributed by atoms with van der Waals surface area (Å²) in [5.41, 5.74) is 0. The molecule has 2 rings (SSSR count). The van der Waals surface area contributed by atoms with E-state index in [4.69, 9.17) is 14.2 Å². The zero-order chi connectivity index (χ0) is 15.1. The van der Waals surface area contributed by atoms with Crippen molar-refractivity contribution >= 4 is 0 Å². The van der Waals surface area contributed by atoms with Crippen LogP contribution in [0, 0.1) is 11.8 Å². The van der Waals surface area contributed by atoms with Crippen molar-refractivity contribution in [3.05, 3.63) is 24.3 Å². The first-order valence-electron chi connectivity index (χ1n) is 7.27. The predicted molar refractivity (Wildman–Crippen MR) is 82.7 cm³/mol. The molecule has 0 bridgehead atoms. The van der Waals surface area contributed by atoms with Gasteiger partial charge in [-0.3, -0.25) is 4.90 Å². The van der Waals surface area contributed by atoms with Crippen molar-refractivity contribution < 1.29 is 14.2 Å². The van der Waals surface area contributed by atoms with Crippen molar-refractivity contribution in [1.82, 2.24) is 4.90 Å². The largest absolute Gasteiger partial charge is 0.497 e. The number of hydrogen-bond donors (Lipinski definition) is 0. The third-order valence-corrected chi connectivity index (χ3v) is 3.29. The number of benzene rings is 1. The molecule has 0 saturated carbocycles. The molecule has 1 aromatic rings. The molecule has 114 valence electrons. The van der Waals surface area contributed by atoms with Gasteiger partial charge in [0.05, 0.1) is 25.9 Å². The highest BCUT2D eigenvalue weighted by molar-refractivity contribution is 5.31. The van der Waals surface area contributed by atoms with E-state index < -0.39 is 0 Å². The van der Waals surface area contributed by atoms with E-state index in [1.54, 1.807) is 7.11 Å². The maximum Gasteiger partial charge on any atom is 0.149 e. The van der Waals surface area contributed by atoms with E-state index in [2.05, 4.69) is 30.6 Å². The summed E-state index contributed by atoms with van der Waals surface area (Å²) in [5, 5.41) is 0. The molecule has 1 fully saturated rings. The number of morpholine rings is 1. The van der Waals surface area contributed by atoms with Crippen LogP contribution in [0.15, 0.2) is 24.3 Å². The average Bonchev–Trinajstić information content (AvgIpc) is 2.46. The fourth-order valence-corrected chi connectivity index (χ4v) is 2.42. The van der Waals surface area contributed by atoms with Crippen LogP contribution in [0.2, 0.25) is 0 Å². The summed E-state index contributed by atoms with van der Waals surface area (Å²) in [6, 6.07) is 7.51. The Kier molecular flexibility index (Phi) is 5.91. The van der Waals surface area contributed by atoms with Crippen molar-refractivity contribution in [3.8, 4) is 23.3 Å².